The maximum atomic E-state index is 4.16. The average molecular weight is 134 g/mol. The number of hydrogen-bond acceptors (Lipinski definition) is 3. The maximum absolute atomic E-state index is 4.16. The summed E-state index contributed by atoms with van der Waals surface area (Å²) < 4.78 is 0. The van der Waals surface area contributed by atoms with Crippen LogP contribution in [0.4, 0.5) is 0 Å². The number of hydrogen-bond donors (Lipinski definition) is 1. The van der Waals surface area contributed by atoms with Crippen molar-refractivity contribution in [2.75, 3.05) is 0 Å². The van der Waals surface area contributed by atoms with Crippen LogP contribution in [-0.4, -0.2) is 20.4 Å². The van der Waals surface area contributed by atoms with Gasteiger partial charge in [-0.05, 0) is 19.1 Å². The van der Waals surface area contributed by atoms with Crippen molar-refractivity contribution in [1.29, 1.82) is 0 Å². The Hall–Kier alpha value is -1.45. The fourth-order valence-electron chi connectivity index (χ4n) is 0.839. The molecule has 10 heavy (non-hydrogen) atoms. The fraction of sp³-hybridized carbons (Fsp3) is 0.167. The summed E-state index contributed by atoms with van der Waals surface area (Å²) in [4.78, 5) is 4.16. The van der Waals surface area contributed by atoms with Gasteiger partial charge in [0.1, 0.15) is 5.52 Å². The molecular formula is C6H6N4. The minimum absolute atomic E-state index is 0.750. The molecule has 0 fully saturated rings. The van der Waals surface area contributed by atoms with E-state index >= 15 is 0 Å². The van der Waals surface area contributed by atoms with Crippen LogP contribution in [0.1, 0.15) is 5.69 Å². The summed E-state index contributed by atoms with van der Waals surface area (Å²) in [5, 5.41) is 10.1. The second-order valence-corrected chi connectivity index (χ2v) is 2.13. The highest BCUT2D eigenvalue weighted by atomic mass is 15.3. The van der Waals surface area contributed by atoms with Crippen LogP contribution in [-0.2, 0) is 0 Å². The highest BCUT2D eigenvalue weighted by Crippen LogP contribution is 2.03. The fourth-order valence-corrected chi connectivity index (χ4v) is 0.839. The van der Waals surface area contributed by atoms with Crippen LogP contribution in [0.25, 0.3) is 11.2 Å². The average Bonchev–Trinajstić information content (AvgIpc) is 2.33. The van der Waals surface area contributed by atoms with Crippen LogP contribution in [0.3, 0.4) is 0 Å². The third kappa shape index (κ3) is 0.655. The van der Waals surface area contributed by atoms with Crippen molar-refractivity contribution < 1.29 is 0 Å². The lowest BCUT2D eigenvalue weighted by molar-refractivity contribution is 0.953. The lowest BCUT2D eigenvalue weighted by Crippen LogP contribution is -1.80. The molecule has 0 saturated carbocycles. The second-order valence-electron chi connectivity index (χ2n) is 2.13. The molecule has 0 aromatic carbocycles. The number of nitrogens with one attached hydrogen (secondary N) is 1. The Kier molecular flexibility index (Phi) is 0.943. The monoisotopic (exact) mass is 134 g/mol. The maximum Gasteiger partial charge on any atom is 0.176 e. The van der Waals surface area contributed by atoms with Gasteiger partial charge in [0, 0.05) is 5.69 Å². The topological polar surface area (TPSA) is 54.5 Å². The zero-order valence-corrected chi connectivity index (χ0v) is 5.50. The summed E-state index contributed by atoms with van der Waals surface area (Å²) in [6, 6.07) is 3.80. The molecule has 0 unspecified atom stereocenters. The smallest absolute Gasteiger partial charge is 0.176 e. The van der Waals surface area contributed by atoms with Crippen LogP contribution in [0.15, 0.2) is 12.1 Å². The third-order valence-electron chi connectivity index (χ3n) is 1.33. The number of aromatic nitrogens is 4. The first-order valence-electron chi connectivity index (χ1n) is 3.01. The zero-order chi connectivity index (χ0) is 6.97. The number of pyridine rings is 1. The van der Waals surface area contributed by atoms with E-state index in [1.54, 1.807) is 0 Å². The molecule has 0 radical (unpaired) electrons. The van der Waals surface area contributed by atoms with Gasteiger partial charge < -0.3 is 0 Å². The number of aryl methyl sites for hydroxylation is 1. The van der Waals surface area contributed by atoms with Gasteiger partial charge in [-0.2, -0.15) is 0 Å². The van der Waals surface area contributed by atoms with Gasteiger partial charge in [0.15, 0.2) is 5.65 Å². The standard InChI is InChI=1S/C6H6N4/c1-4-2-3-5-6(7-4)9-10-8-5/h2-3H,1H3,(H,7,8,9,10). The number of fused-ring (bicyclic) bond motifs is 1. The summed E-state index contributed by atoms with van der Waals surface area (Å²) in [6.45, 7) is 1.93. The molecule has 0 spiro atoms. The van der Waals surface area contributed by atoms with Crippen molar-refractivity contribution in [3.63, 3.8) is 0 Å². The molecular weight excluding hydrogens is 128 g/mol. The minimum atomic E-state index is 0.750. The molecule has 4 heteroatoms. The molecule has 50 valence electrons. The Morgan fingerprint density at radius 1 is 1.40 bits per heavy atom. The van der Waals surface area contributed by atoms with Crippen molar-refractivity contribution >= 4 is 11.2 Å². The van der Waals surface area contributed by atoms with E-state index in [1.807, 2.05) is 19.1 Å². The van der Waals surface area contributed by atoms with Gasteiger partial charge in [-0.1, -0.05) is 5.21 Å². The second kappa shape index (κ2) is 1.76. The van der Waals surface area contributed by atoms with Gasteiger partial charge in [-0.25, -0.2) is 10.1 Å². The van der Waals surface area contributed by atoms with E-state index in [-0.39, 0.29) is 0 Å². The van der Waals surface area contributed by atoms with E-state index in [1.165, 1.54) is 0 Å². The molecule has 2 aromatic heterocycles. The molecule has 2 rings (SSSR count). The Morgan fingerprint density at radius 3 is 3.20 bits per heavy atom. The largest absolute Gasteiger partial charge is 0.240 e. The molecule has 0 aliphatic rings. The van der Waals surface area contributed by atoms with Crippen LogP contribution in [0, 0.1) is 6.92 Å². The van der Waals surface area contributed by atoms with Gasteiger partial charge >= 0.3 is 0 Å². The van der Waals surface area contributed by atoms with Crippen LogP contribution in [0.5, 0.6) is 0 Å². The predicted octanol–water partition coefficient (Wildman–Crippen LogP) is 0.661. The summed E-state index contributed by atoms with van der Waals surface area (Å²) >= 11 is 0. The van der Waals surface area contributed by atoms with Crippen molar-refractivity contribution in [3.8, 4) is 0 Å². The van der Waals surface area contributed by atoms with Gasteiger partial charge in [0.05, 0.1) is 0 Å². The lowest BCUT2D eigenvalue weighted by Gasteiger charge is -1.87. The summed E-state index contributed by atoms with van der Waals surface area (Å²) in [7, 11) is 0. The molecule has 2 aromatic rings. The molecule has 1 N–H and O–H groups in total. The van der Waals surface area contributed by atoms with Crippen molar-refractivity contribution in [1.82, 2.24) is 20.4 Å². The Morgan fingerprint density at radius 2 is 2.30 bits per heavy atom. The highest BCUT2D eigenvalue weighted by molar-refractivity contribution is 5.68. The zero-order valence-electron chi connectivity index (χ0n) is 5.50. The number of H-pyrrole nitrogens is 1. The first-order valence-corrected chi connectivity index (χ1v) is 3.01. The molecule has 0 aliphatic heterocycles. The Bertz CT molecular complexity index is 351. The van der Waals surface area contributed by atoms with E-state index in [4.69, 9.17) is 0 Å². The van der Waals surface area contributed by atoms with Crippen LogP contribution < -0.4 is 0 Å². The van der Waals surface area contributed by atoms with E-state index in [0.717, 1.165) is 16.9 Å². The molecule has 0 bridgehead atoms. The summed E-state index contributed by atoms with van der Waals surface area (Å²) in [5.74, 6) is 0. The summed E-state index contributed by atoms with van der Waals surface area (Å²) in [6.07, 6.45) is 0. The predicted molar refractivity (Wildman–Crippen MR) is 36.4 cm³/mol. The minimum Gasteiger partial charge on any atom is -0.240 e. The Labute approximate surface area is 57.3 Å². The summed E-state index contributed by atoms with van der Waals surface area (Å²) in [5.41, 5.74) is 2.53. The number of aromatic amines is 1. The first kappa shape index (κ1) is 5.34. The van der Waals surface area contributed by atoms with Crippen LogP contribution in [0.2, 0.25) is 0 Å². The van der Waals surface area contributed by atoms with Gasteiger partial charge in [0.25, 0.3) is 0 Å². The van der Waals surface area contributed by atoms with Gasteiger partial charge in [-0.3, -0.25) is 0 Å². The third-order valence-corrected chi connectivity index (χ3v) is 1.33. The van der Waals surface area contributed by atoms with E-state index in [2.05, 4.69) is 20.4 Å². The molecule has 0 amide bonds. The molecule has 2 heterocycles. The van der Waals surface area contributed by atoms with E-state index < -0.39 is 0 Å². The quantitative estimate of drug-likeness (QED) is 0.575. The number of nitrogens with zero attached hydrogens (tertiary/aromatic N) is 3. The van der Waals surface area contributed by atoms with Crippen molar-refractivity contribution in [2.45, 2.75) is 6.92 Å². The first-order chi connectivity index (χ1) is 4.86. The lowest BCUT2D eigenvalue weighted by atomic mass is 10.4. The molecule has 0 saturated heterocycles. The van der Waals surface area contributed by atoms with E-state index in [9.17, 15) is 0 Å². The highest BCUT2D eigenvalue weighted by Gasteiger charge is 1.95. The van der Waals surface area contributed by atoms with Crippen molar-refractivity contribution in [2.24, 2.45) is 0 Å². The molecule has 4 nitrogen and oxygen atoms in total. The van der Waals surface area contributed by atoms with Gasteiger partial charge in [-0.15, -0.1) is 5.10 Å². The molecule has 0 atom stereocenters. The number of rotatable bonds is 0. The molecule has 0 aliphatic carbocycles. The SMILES string of the molecule is Cc1ccc2nn[nH]c2n1. The normalized spacial score (nSPS) is 10.5. The van der Waals surface area contributed by atoms with Gasteiger partial charge in [0.2, 0.25) is 0 Å². The Balaban J connectivity index is 2.86. The van der Waals surface area contributed by atoms with Crippen molar-refractivity contribution in [3.05, 3.63) is 17.8 Å². The van der Waals surface area contributed by atoms with Crippen LogP contribution >= 0.6 is 0 Å². The van der Waals surface area contributed by atoms with E-state index in [0.29, 0.717) is 0 Å².